The molecule has 4 atom stereocenters. The van der Waals surface area contributed by atoms with Gasteiger partial charge >= 0.3 is 6.01 Å². The van der Waals surface area contributed by atoms with Crippen LogP contribution in [-0.4, -0.2) is 45.1 Å². The molecule has 0 amide bonds. The van der Waals surface area contributed by atoms with E-state index in [0.29, 0.717) is 0 Å². The van der Waals surface area contributed by atoms with Gasteiger partial charge in [0.1, 0.15) is 23.9 Å². The Morgan fingerprint density at radius 3 is 2.92 bits per heavy atom. The first kappa shape index (κ1) is 15.1. The Balaban J connectivity index is 1.66. The first-order valence-electron chi connectivity index (χ1n) is 8.34. The smallest absolute Gasteiger partial charge is 0.302 e. The second-order valence-electron chi connectivity index (χ2n) is 7.31. The van der Waals surface area contributed by atoms with E-state index in [-0.39, 0.29) is 30.2 Å². The molecule has 1 aromatic rings. The number of nitrogens with zero attached hydrogens (tertiary/aromatic N) is 2. The summed E-state index contributed by atoms with van der Waals surface area (Å²) in [5, 5.41) is 0. The van der Waals surface area contributed by atoms with Gasteiger partial charge in [-0.2, -0.15) is 4.98 Å². The van der Waals surface area contributed by atoms with E-state index in [1.165, 1.54) is 6.07 Å². The lowest BCUT2D eigenvalue weighted by atomic mass is 9.88. The monoisotopic (exact) mass is 354 g/mol. The van der Waals surface area contributed by atoms with Gasteiger partial charge in [0.2, 0.25) is 0 Å². The number of aromatic nitrogens is 2. The Morgan fingerprint density at radius 2 is 2.17 bits per heavy atom. The number of hydrogen-bond donors (Lipinski definition) is 0. The molecule has 0 N–H and O–H groups in total. The molecule has 1 saturated carbocycles. The molecule has 130 valence electrons. The maximum atomic E-state index is 11.6. The lowest BCUT2D eigenvalue weighted by molar-refractivity contribution is -0.242. The average Bonchev–Trinajstić information content (AvgIpc) is 3.15. The highest BCUT2D eigenvalue weighted by atomic mass is 35.5. The first-order valence-corrected chi connectivity index (χ1v) is 8.88. The molecule has 0 aromatic carbocycles. The minimum Gasteiger partial charge on any atom is -0.461 e. The highest BCUT2D eigenvalue weighted by Gasteiger charge is 2.73. The molecule has 4 heterocycles. The average molecular weight is 355 g/mol. The molecule has 1 aliphatic carbocycles. The van der Waals surface area contributed by atoms with Crippen LogP contribution in [0, 0.1) is 0 Å². The van der Waals surface area contributed by atoms with E-state index in [2.05, 4.69) is 4.98 Å². The number of rotatable bonds is 1. The molecule has 8 heteroatoms. The Bertz CT molecular complexity index is 748. The molecular formula is C16H19ClN2O5. The maximum Gasteiger partial charge on any atom is 0.302 e. The standard InChI is InChI=1S/C16H19ClN2O5/c1-14-11(22-16(24-14)5-2-3-6-16)15(8-17)9-21-13-18-10(20)4-7-19(13)12(14)23-15/h4,7,11-12H,2-3,5-6,8-9H2,1H3/t11-,12+,14+,15+/m0/s1. The number of hydrogen-bond acceptors (Lipinski definition) is 6. The Morgan fingerprint density at radius 1 is 1.38 bits per heavy atom. The summed E-state index contributed by atoms with van der Waals surface area (Å²) in [4.78, 5) is 15.6. The lowest BCUT2D eigenvalue weighted by Gasteiger charge is -2.32. The number of halogens is 1. The molecule has 7 nitrogen and oxygen atoms in total. The Kier molecular flexibility index (Phi) is 2.98. The molecule has 1 aromatic heterocycles. The van der Waals surface area contributed by atoms with Crippen molar-refractivity contribution >= 4 is 11.6 Å². The molecule has 5 rings (SSSR count). The maximum absolute atomic E-state index is 11.6. The topological polar surface area (TPSA) is 71.8 Å². The molecule has 1 spiro atoms. The summed E-state index contributed by atoms with van der Waals surface area (Å²) in [6.45, 7) is 2.17. The van der Waals surface area contributed by atoms with Crippen molar-refractivity contribution in [3.8, 4) is 6.01 Å². The fraction of sp³-hybridized carbons (Fsp3) is 0.750. The molecule has 24 heavy (non-hydrogen) atoms. The van der Waals surface area contributed by atoms with E-state index in [0.717, 1.165) is 25.7 Å². The number of alkyl halides is 1. The zero-order valence-corrected chi connectivity index (χ0v) is 14.1. The van der Waals surface area contributed by atoms with Crippen LogP contribution in [0.2, 0.25) is 0 Å². The van der Waals surface area contributed by atoms with Gasteiger partial charge in [0.05, 0.1) is 5.88 Å². The Labute approximate surface area is 143 Å². The van der Waals surface area contributed by atoms with Gasteiger partial charge in [0.25, 0.3) is 5.56 Å². The van der Waals surface area contributed by atoms with Gasteiger partial charge in [-0.25, -0.2) is 0 Å². The molecule has 2 bridgehead atoms. The largest absolute Gasteiger partial charge is 0.461 e. The minimum atomic E-state index is -0.830. The van der Waals surface area contributed by atoms with Crippen LogP contribution in [0.1, 0.15) is 38.8 Å². The van der Waals surface area contributed by atoms with Crippen LogP contribution in [-0.2, 0) is 14.2 Å². The van der Waals surface area contributed by atoms with Crippen LogP contribution < -0.4 is 10.3 Å². The highest BCUT2D eigenvalue weighted by Crippen LogP contribution is 2.59. The second kappa shape index (κ2) is 4.72. The predicted octanol–water partition coefficient (Wildman–Crippen LogP) is 1.59. The van der Waals surface area contributed by atoms with Gasteiger partial charge < -0.3 is 18.9 Å². The van der Waals surface area contributed by atoms with Crippen LogP contribution in [0.4, 0.5) is 0 Å². The van der Waals surface area contributed by atoms with E-state index in [9.17, 15) is 4.79 Å². The molecule has 4 aliphatic rings. The van der Waals surface area contributed by atoms with Gasteiger partial charge in [-0.15, -0.1) is 11.6 Å². The van der Waals surface area contributed by atoms with E-state index >= 15 is 0 Å². The van der Waals surface area contributed by atoms with Crippen LogP contribution in [0.25, 0.3) is 0 Å². The van der Waals surface area contributed by atoms with Crippen molar-refractivity contribution in [3.63, 3.8) is 0 Å². The van der Waals surface area contributed by atoms with Crippen LogP contribution in [0.15, 0.2) is 17.1 Å². The molecule has 2 saturated heterocycles. The van der Waals surface area contributed by atoms with E-state index < -0.39 is 23.2 Å². The van der Waals surface area contributed by atoms with Gasteiger partial charge in [0, 0.05) is 25.1 Å². The van der Waals surface area contributed by atoms with E-state index in [1.807, 2.05) is 6.92 Å². The zero-order valence-electron chi connectivity index (χ0n) is 13.4. The van der Waals surface area contributed by atoms with Gasteiger partial charge in [-0.1, -0.05) is 0 Å². The minimum absolute atomic E-state index is 0.170. The second-order valence-corrected chi connectivity index (χ2v) is 7.58. The van der Waals surface area contributed by atoms with E-state index in [1.54, 1.807) is 10.8 Å². The molecular weight excluding hydrogens is 336 g/mol. The number of ether oxygens (including phenoxy) is 4. The molecule has 3 fully saturated rings. The quantitative estimate of drug-likeness (QED) is 0.713. The highest BCUT2D eigenvalue weighted by molar-refractivity contribution is 6.18. The summed E-state index contributed by atoms with van der Waals surface area (Å²) < 4.78 is 26.7. The molecule has 0 radical (unpaired) electrons. The SMILES string of the molecule is C[C@@]12OC3(CCCC3)O[C@@H]1[C@@]1(CCl)COc3nc(=O)ccn3[C@@H]2O1. The summed E-state index contributed by atoms with van der Waals surface area (Å²) in [7, 11) is 0. The summed E-state index contributed by atoms with van der Waals surface area (Å²) in [6.07, 6.45) is 4.72. The third-order valence-corrected chi connectivity index (χ3v) is 6.12. The van der Waals surface area contributed by atoms with Crippen LogP contribution in [0.5, 0.6) is 6.01 Å². The first-order chi connectivity index (χ1) is 11.5. The fourth-order valence-corrected chi connectivity index (χ4v) is 4.89. The summed E-state index contributed by atoms with van der Waals surface area (Å²) >= 11 is 6.30. The summed E-state index contributed by atoms with van der Waals surface area (Å²) in [5.41, 5.74) is -1.89. The fourth-order valence-electron chi connectivity index (χ4n) is 4.61. The summed E-state index contributed by atoms with van der Waals surface area (Å²) in [5.74, 6) is -0.350. The zero-order chi connectivity index (χ0) is 16.6. The van der Waals surface area contributed by atoms with Crippen molar-refractivity contribution in [1.82, 2.24) is 9.55 Å². The third-order valence-electron chi connectivity index (χ3n) is 5.67. The van der Waals surface area contributed by atoms with Crippen molar-refractivity contribution in [2.45, 2.75) is 61.9 Å². The number of fused-ring (bicyclic) bond motifs is 7. The van der Waals surface area contributed by atoms with Crippen molar-refractivity contribution in [2.75, 3.05) is 12.5 Å². The summed E-state index contributed by atoms with van der Waals surface area (Å²) in [6, 6.07) is 1.62. The normalized spacial score (nSPS) is 41.8. The van der Waals surface area contributed by atoms with Crippen molar-refractivity contribution in [1.29, 1.82) is 0 Å². The Hall–Kier alpha value is -1.15. The molecule has 0 unspecified atom stereocenters. The van der Waals surface area contributed by atoms with Gasteiger partial charge in [-0.3, -0.25) is 9.36 Å². The third kappa shape index (κ3) is 1.78. The van der Waals surface area contributed by atoms with Crippen molar-refractivity contribution in [3.05, 3.63) is 22.6 Å². The van der Waals surface area contributed by atoms with Gasteiger partial charge in [-0.05, 0) is 19.8 Å². The van der Waals surface area contributed by atoms with Crippen LogP contribution >= 0.6 is 11.6 Å². The lowest BCUT2D eigenvalue weighted by Crippen LogP contribution is -2.53. The van der Waals surface area contributed by atoms with Crippen molar-refractivity contribution in [2.24, 2.45) is 0 Å². The van der Waals surface area contributed by atoms with Gasteiger partial charge in [0.15, 0.2) is 12.0 Å². The van der Waals surface area contributed by atoms with Crippen LogP contribution in [0.3, 0.4) is 0 Å². The van der Waals surface area contributed by atoms with Crippen molar-refractivity contribution < 1.29 is 18.9 Å². The molecule has 3 aliphatic heterocycles. The predicted molar refractivity (Wildman–Crippen MR) is 83.1 cm³/mol. The van der Waals surface area contributed by atoms with E-state index in [4.69, 9.17) is 30.5 Å².